The third-order valence-electron chi connectivity index (χ3n) is 17.6. The summed E-state index contributed by atoms with van der Waals surface area (Å²) in [5.74, 6) is 0. The summed E-state index contributed by atoms with van der Waals surface area (Å²) >= 11 is 9.68. The number of rotatable bonds is 4. The molecule has 14 aromatic carbocycles. The highest BCUT2D eigenvalue weighted by Gasteiger charge is 2.22. The lowest BCUT2D eigenvalue weighted by Crippen LogP contribution is -2.29. The van der Waals surface area contributed by atoms with Crippen molar-refractivity contribution in [1.82, 2.24) is 19.1 Å². The summed E-state index contributed by atoms with van der Waals surface area (Å²) in [6.45, 7) is 0. The van der Waals surface area contributed by atoms with Gasteiger partial charge in [0.25, 0.3) is 0 Å². The predicted molar refractivity (Wildman–Crippen MR) is 384 cm³/mol. The Labute approximate surface area is 537 Å². The van der Waals surface area contributed by atoms with Crippen LogP contribution in [0.3, 0.4) is 0 Å². The molecule has 4 aromatic heterocycles. The van der Waals surface area contributed by atoms with Gasteiger partial charge in [0.2, 0.25) is 5.28 Å². The van der Waals surface area contributed by atoms with Gasteiger partial charge in [-0.15, -0.1) is 0 Å². The molecule has 0 amide bonds. The molecule has 10 heteroatoms. The molecule has 0 bridgehead atoms. The maximum Gasteiger partial charge on any atom is 0.488 e. The molecular weight excluding hydrogens is 1200 g/mol. The second-order valence-electron chi connectivity index (χ2n) is 22.8. The maximum absolute atomic E-state index is 9.36. The van der Waals surface area contributed by atoms with E-state index in [2.05, 4.69) is 247 Å². The molecule has 2 N–H and O–H groups in total. The van der Waals surface area contributed by atoms with Crippen molar-refractivity contribution in [3.8, 4) is 33.8 Å². The van der Waals surface area contributed by atoms with Crippen LogP contribution in [-0.4, -0.2) is 36.3 Å². The lowest BCUT2D eigenvalue weighted by Gasteiger charge is -2.09. The van der Waals surface area contributed by atoms with Crippen molar-refractivity contribution < 1.29 is 14.5 Å². The first-order valence-corrected chi connectivity index (χ1v) is 31.4. The van der Waals surface area contributed by atoms with Gasteiger partial charge in [-0.25, -0.2) is 9.97 Å². The van der Waals surface area contributed by atoms with Crippen LogP contribution in [0.5, 0.6) is 0 Å². The van der Waals surface area contributed by atoms with E-state index in [1.165, 1.54) is 92.8 Å². The number of fused-ring (bicyclic) bond motifs is 19. The fraction of sp³-hybridized carbons (Fsp3) is 0.0123. The predicted octanol–water partition coefficient (Wildman–Crippen LogP) is 20.6. The Kier molecular flexibility index (Phi) is 14.3. The minimum atomic E-state index is -1.45. The second kappa shape index (κ2) is 23.4. The largest absolute Gasteiger partial charge is 0.488 e. The zero-order valence-electron chi connectivity index (χ0n) is 48.9. The van der Waals surface area contributed by atoms with Crippen molar-refractivity contribution in [2.75, 3.05) is 0 Å². The fourth-order valence-electron chi connectivity index (χ4n) is 13.5. The molecule has 432 valence electrons. The number of para-hydroxylation sites is 5. The van der Waals surface area contributed by atoms with Crippen LogP contribution in [0.15, 0.2) is 306 Å². The zero-order valence-corrected chi connectivity index (χ0v) is 51.3. The van der Waals surface area contributed by atoms with Gasteiger partial charge in [0, 0.05) is 59.1 Å². The van der Waals surface area contributed by atoms with Crippen LogP contribution in [-0.2, 0) is 6.42 Å². The smallest absolute Gasteiger partial charge is 0.455 e. The highest BCUT2D eigenvalue weighted by Crippen LogP contribution is 2.43. The van der Waals surface area contributed by atoms with E-state index in [1.54, 1.807) is 12.1 Å². The first-order chi connectivity index (χ1) is 44.8. The Morgan fingerprint density at radius 3 is 1.51 bits per heavy atom. The molecule has 0 radical (unpaired) electrons. The molecule has 0 spiro atoms. The first-order valence-electron chi connectivity index (χ1n) is 30.3. The molecule has 0 saturated heterocycles. The topological polar surface area (TPSA) is 89.2 Å². The highest BCUT2D eigenvalue weighted by molar-refractivity contribution is 9.10. The molecule has 19 rings (SSSR count). The summed E-state index contributed by atoms with van der Waals surface area (Å²) in [6, 6.07) is 103. The Morgan fingerprint density at radius 1 is 0.385 bits per heavy atom. The molecule has 0 atom stereocenters. The van der Waals surface area contributed by atoms with Crippen LogP contribution in [0, 0.1) is 0 Å². The molecule has 4 heterocycles. The minimum absolute atomic E-state index is 0.233. The lowest BCUT2D eigenvalue weighted by molar-refractivity contribution is 0.426. The van der Waals surface area contributed by atoms with Crippen LogP contribution >= 0.6 is 27.5 Å². The summed E-state index contributed by atoms with van der Waals surface area (Å²) in [4.78, 5) is 8.79. The average Bonchev–Trinajstić information content (AvgIpc) is 1.72. The molecule has 1 aliphatic rings. The standard InChI is InChI=1S/C22H16BNO2.C22H14BrN.C20H11ClN2O.C17H12/c25-23(26)16-10-12-17(13-11-16)24-20-8-4-3-7-19(20)22-18-6-2-1-5-15(18)9-14-21(22)24;23-16-10-12-17(13-11-16)24-20-8-4-3-7-19(20)22-18-6-2-1-5-15(18)9-14-21(22)24;21-20-22-16-10-3-1-7-14(16)18(23-20)15-9-5-8-13-12-6-2-4-11-17(12)24-19(13)15;1-3-7-15-12(5-1)9-10-14-11-13-6-2-4-8-16(13)17(14)15/h1-14,25-26H;1-14H;1-11H;1-10H,11H2. The summed E-state index contributed by atoms with van der Waals surface area (Å²) < 4.78 is 11.8. The van der Waals surface area contributed by atoms with Crippen LogP contribution < -0.4 is 5.46 Å². The molecular formula is C81H53BBrClN4O3. The van der Waals surface area contributed by atoms with E-state index in [1.807, 2.05) is 72.8 Å². The average molecular weight is 1260 g/mol. The zero-order chi connectivity index (χ0) is 61.1. The van der Waals surface area contributed by atoms with Gasteiger partial charge in [0.05, 0.1) is 33.3 Å². The second-order valence-corrected chi connectivity index (χ2v) is 24.1. The fourth-order valence-corrected chi connectivity index (χ4v) is 14.0. The number of hydrogen-bond acceptors (Lipinski definition) is 5. The Morgan fingerprint density at radius 2 is 0.868 bits per heavy atom. The van der Waals surface area contributed by atoms with E-state index in [0.717, 1.165) is 71.7 Å². The van der Waals surface area contributed by atoms with Crippen molar-refractivity contribution in [1.29, 1.82) is 0 Å². The molecule has 91 heavy (non-hydrogen) atoms. The van der Waals surface area contributed by atoms with E-state index < -0.39 is 7.12 Å². The number of aromatic nitrogens is 4. The first kappa shape index (κ1) is 55.7. The molecule has 0 fully saturated rings. The quantitative estimate of drug-likeness (QED) is 0.135. The van der Waals surface area contributed by atoms with E-state index in [9.17, 15) is 10.0 Å². The SMILES string of the molecule is Brc1ccc(-n2c3ccccc3c3c4ccccc4ccc32)cc1.Clc1nc(-c2cccc3c2oc2ccccc23)c2ccccc2n1.OB(O)c1ccc(-n2c3ccccc3c3c4ccccc4ccc32)cc1.c1ccc2c(c1)Cc1ccc3ccccc3c1-2. The molecule has 0 unspecified atom stereocenters. The van der Waals surface area contributed by atoms with Gasteiger partial charge in [-0.2, -0.15) is 0 Å². The van der Waals surface area contributed by atoms with Gasteiger partial charge >= 0.3 is 7.12 Å². The van der Waals surface area contributed by atoms with Crippen LogP contribution in [0.1, 0.15) is 11.1 Å². The van der Waals surface area contributed by atoms with Crippen molar-refractivity contribution >= 4 is 149 Å². The van der Waals surface area contributed by atoms with E-state index in [0.29, 0.717) is 5.46 Å². The lowest BCUT2D eigenvalue weighted by atomic mass is 9.80. The molecule has 18 aromatic rings. The van der Waals surface area contributed by atoms with Crippen LogP contribution in [0.25, 0.3) is 143 Å². The van der Waals surface area contributed by atoms with Crippen molar-refractivity contribution in [3.05, 3.63) is 318 Å². The highest BCUT2D eigenvalue weighted by atomic mass is 79.9. The number of nitrogens with zero attached hydrogens (tertiary/aromatic N) is 4. The normalized spacial score (nSPS) is 11.7. The van der Waals surface area contributed by atoms with Crippen molar-refractivity contribution in [2.24, 2.45) is 0 Å². The van der Waals surface area contributed by atoms with E-state index in [4.69, 9.17) is 16.0 Å². The Bertz CT molecular complexity index is 5840. The van der Waals surface area contributed by atoms with Gasteiger partial charge in [0.1, 0.15) is 11.2 Å². The number of halogens is 2. The van der Waals surface area contributed by atoms with Crippen LogP contribution in [0.2, 0.25) is 5.28 Å². The summed E-state index contributed by atoms with van der Waals surface area (Å²) in [6.07, 6.45) is 1.08. The van der Waals surface area contributed by atoms with Gasteiger partial charge < -0.3 is 23.6 Å². The monoisotopic (exact) mass is 1250 g/mol. The molecule has 1 aliphatic carbocycles. The summed E-state index contributed by atoms with van der Waals surface area (Å²) in [5, 5.41) is 34.9. The number of furan rings is 1. The van der Waals surface area contributed by atoms with Gasteiger partial charge in [0.15, 0.2) is 0 Å². The number of benzene rings is 14. The van der Waals surface area contributed by atoms with E-state index >= 15 is 0 Å². The minimum Gasteiger partial charge on any atom is -0.455 e. The number of hydrogen-bond donors (Lipinski definition) is 2. The van der Waals surface area contributed by atoms with E-state index in [-0.39, 0.29) is 5.28 Å². The molecule has 0 saturated carbocycles. The molecule has 0 aliphatic heterocycles. The third kappa shape index (κ3) is 9.96. The van der Waals surface area contributed by atoms with Crippen LogP contribution in [0.4, 0.5) is 0 Å². The van der Waals surface area contributed by atoms with Crippen molar-refractivity contribution in [3.63, 3.8) is 0 Å². The van der Waals surface area contributed by atoms with Gasteiger partial charge in [-0.1, -0.05) is 234 Å². The molecule has 7 nitrogen and oxygen atoms in total. The Hall–Kier alpha value is -10.6. The van der Waals surface area contributed by atoms with Gasteiger partial charge in [-0.05, 0) is 157 Å². The summed E-state index contributed by atoms with van der Waals surface area (Å²) in [7, 11) is -1.45. The maximum atomic E-state index is 9.36. The van der Waals surface area contributed by atoms with Crippen molar-refractivity contribution in [2.45, 2.75) is 6.42 Å². The Balaban J connectivity index is 0.0000000977. The van der Waals surface area contributed by atoms with Gasteiger partial charge in [-0.3, -0.25) is 0 Å². The third-order valence-corrected chi connectivity index (χ3v) is 18.3. The summed E-state index contributed by atoms with van der Waals surface area (Å²) in [5.41, 5.74) is 17.4.